The molecule has 0 aliphatic carbocycles. The van der Waals surface area contributed by atoms with E-state index in [1.165, 1.54) is 18.3 Å². The summed E-state index contributed by atoms with van der Waals surface area (Å²) in [5.74, 6) is 0. The van der Waals surface area contributed by atoms with Gasteiger partial charge in [0.15, 0.2) is 10.5 Å². The van der Waals surface area contributed by atoms with E-state index >= 15 is 0 Å². The van der Waals surface area contributed by atoms with Crippen molar-refractivity contribution >= 4 is 28.5 Å². The van der Waals surface area contributed by atoms with Gasteiger partial charge in [-0.25, -0.2) is 13.4 Å². The Bertz CT molecular complexity index is 1230. The fourth-order valence-electron chi connectivity index (χ4n) is 4.91. The number of ether oxygens (including phenoxy) is 1. The van der Waals surface area contributed by atoms with E-state index in [1.807, 2.05) is 60.7 Å². The van der Waals surface area contributed by atoms with Crippen LogP contribution < -0.4 is 10.4 Å². The second-order valence-corrected chi connectivity index (χ2v) is 16.5. The van der Waals surface area contributed by atoms with Crippen LogP contribution in [0.25, 0.3) is 0 Å². The molecule has 3 N–H and O–H groups in total. The molecule has 0 amide bonds. The zero-order valence-corrected chi connectivity index (χ0v) is 22.8. The lowest BCUT2D eigenvalue weighted by Crippen LogP contribution is -2.68. The summed E-state index contributed by atoms with van der Waals surface area (Å²) in [4.78, 5) is 3.88. The van der Waals surface area contributed by atoms with Crippen LogP contribution >= 0.6 is 0 Å². The molecule has 37 heavy (non-hydrogen) atoms. The van der Waals surface area contributed by atoms with Crippen LogP contribution in [0.2, 0.25) is 5.04 Å². The first-order valence-electron chi connectivity index (χ1n) is 12.1. The van der Waals surface area contributed by atoms with Crippen molar-refractivity contribution in [3.8, 4) is 0 Å². The highest BCUT2D eigenvalue weighted by Crippen LogP contribution is 2.37. The van der Waals surface area contributed by atoms with Gasteiger partial charge in [-0.2, -0.15) is 0 Å². The number of aromatic nitrogens is 1. The molecule has 1 aromatic heterocycles. The molecule has 1 aliphatic heterocycles. The normalized spacial score (nSPS) is 25.1. The summed E-state index contributed by atoms with van der Waals surface area (Å²) in [6.07, 6.45) is -5.10. The van der Waals surface area contributed by atoms with Crippen molar-refractivity contribution in [3.05, 3.63) is 85.1 Å². The van der Waals surface area contributed by atoms with Gasteiger partial charge in [0.2, 0.25) is 9.84 Å². The van der Waals surface area contributed by atoms with Crippen LogP contribution in [0.5, 0.6) is 0 Å². The van der Waals surface area contributed by atoms with Gasteiger partial charge in [0.25, 0.3) is 8.32 Å². The summed E-state index contributed by atoms with van der Waals surface area (Å²) in [7, 11) is -7.32. The number of benzene rings is 2. The molecule has 4 rings (SSSR count). The van der Waals surface area contributed by atoms with Crippen LogP contribution in [0.4, 0.5) is 0 Å². The SMILES string of the molecule is CC(C)(C)[Si](OC[C@H]1OC(S(=O)(=O)c2ccccn2)[C@H](O)[C@@H](O)[C@@H]1O)(c1ccccc1)c1ccccc1. The molecule has 198 valence electrons. The summed E-state index contributed by atoms with van der Waals surface area (Å²) >= 11 is 0. The Labute approximate surface area is 218 Å². The lowest BCUT2D eigenvalue weighted by molar-refractivity contribution is -0.206. The average Bonchev–Trinajstić information content (AvgIpc) is 2.89. The molecule has 5 atom stereocenters. The lowest BCUT2D eigenvalue weighted by Gasteiger charge is -2.45. The van der Waals surface area contributed by atoms with Crippen molar-refractivity contribution in [2.75, 3.05) is 6.61 Å². The predicted molar refractivity (Wildman–Crippen MR) is 142 cm³/mol. The summed E-state index contributed by atoms with van der Waals surface area (Å²) < 4.78 is 39.0. The highest BCUT2D eigenvalue weighted by atomic mass is 32.2. The molecule has 2 heterocycles. The topological polar surface area (TPSA) is 126 Å². The number of pyridine rings is 1. The van der Waals surface area contributed by atoms with E-state index in [0.717, 1.165) is 10.4 Å². The van der Waals surface area contributed by atoms with Gasteiger partial charge in [0, 0.05) is 6.20 Å². The monoisotopic (exact) mass is 543 g/mol. The molecule has 0 bridgehead atoms. The first-order chi connectivity index (χ1) is 17.5. The minimum Gasteiger partial charge on any atom is -0.405 e. The van der Waals surface area contributed by atoms with Gasteiger partial charge < -0.3 is 24.5 Å². The maximum absolute atomic E-state index is 13.2. The smallest absolute Gasteiger partial charge is 0.261 e. The van der Waals surface area contributed by atoms with Crippen molar-refractivity contribution in [3.63, 3.8) is 0 Å². The van der Waals surface area contributed by atoms with Gasteiger partial charge in [0.05, 0.1) is 6.61 Å². The number of aliphatic hydroxyl groups excluding tert-OH is 3. The van der Waals surface area contributed by atoms with E-state index in [-0.39, 0.29) is 16.7 Å². The Balaban J connectivity index is 1.71. The highest BCUT2D eigenvalue weighted by Gasteiger charge is 2.53. The number of nitrogens with zero attached hydrogens (tertiary/aromatic N) is 1. The summed E-state index contributed by atoms with van der Waals surface area (Å²) in [5.41, 5.74) is -1.83. The van der Waals surface area contributed by atoms with Gasteiger partial charge in [-0.15, -0.1) is 0 Å². The van der Waals surface area contributed by atoms with E-state index in [0.29, 0.717) is 0 Å². The third kappa shape index (κ3) is 5.15. The van der Waals surface area contributed by atoms with Crippen molar-refractivity contribution in [2.45, 2.75) is 60.7 Å². The molecular formula is C27H33NO7SSi. The third-order valence-electron chi connectivity index (χ3n) is 6.78. The molecule has 1 fully saturated rings. The molecule has 0 saturated carbocycles. The van der Waals surface area contributed by atoms with E-state index in [2.05, 4.69) is 25.8 Å². The second kappa shape index (κ2) is 10.7. The first-order valence-corrected chi connectivity index (χ1v) is 15.5. The Morgan fingerprint density at radius 2 is 1.38 bits per heavy atom. The number of hydrogen-bond donors (Lipinski definition) is 3. The highest BCUT2D eigenvalue weighted by molar-refractivity contribution is 7.91. The number of rotatable bonds is 7. The number of aliphatic hydroxyl groups is 3. The van der Waals surface area contributed by atoms with Gasteiger partial charge in [-0.05, 0) is 27.5 Å². The van der Waals surface area contributed by atoms with Crippen LogP contribution in [0.15, 0.2) is 90.1 Å². The average molecular weight is 544 g/mol. The van der Waals surface area contributed by atoms with Crippen LogP contribution in [0, 0.1) is 0 Å². The predicted octanol–water partition coefficient (Wildman–Crippen LogP) is 1.24. The molecule has 0 spiro atoms. The molecule has 2 aromatic carbocycles. The maximum atomic E-state index is 13.2. The van der Waals surface area contributed by atoms with E-state index in [4.69, 9.17) is 9.16 Å². The zero-order valence-electron chi connectivity index (χ0n) is 21.0. The Morgan fingerprint density at radius 1 is 0.838 bits per heavy atom. The Hall–Kier alpha value is -2.44. The quantitative estimate of drug-likeness (QED) is 0.380. The fraction of sp³-hybridized carbons (Fsp3) is 0.370. The lowest BCUT2D eigenvalue weighted by atomic mass is 10.0. The number of hydrogen-bond acceptors (Lipinski definition) is 8. The molecule has 3 aromatic rings. The molecule has 0 radical (unpaired) electrons. The van der Waals surface area contributed by atoms with Crippen molar-refractivity contribution < 1.29 is 32.9 Å². The van der Waals surface area contributed by atoms with Crippen molar-refractivity contribution in [1.82, 2.24) is 4.98 Å². The summed E-state index contributed by atoms with van der Waals surface area (Å²) in [6, 6.07) is 24.0. The van der Waals surface area contributed by atoms with E-state index in [9.17, 15) is 23.7 Å². The molecule has 1 saturated heterocycles. The van der Waals surface area contributed by atoms with Crippen LogP contribution in [0.3, 0.4) is 0 Å². The van der Waals surface area contributed by atoms with E-state index < -0.39 is 48.0 Å². The number of sulfone groups is 1. The minimum absolute atomic E-state index is 0.202. The summed E-state index contributed by atoms with van der Waals surface area (Å²) in [6.45, 7) is 6.06. The molecule has 10 heteroatoms. The summed E-state index contributed by atoms with van der Waals surface area (Å²) in [5, 5.41) is 33.3. The van der Waals surface area contributed by atoms with Crippen LogP contribution in [0.1, 0.15) is 20.8 Å². The van der Waals surface area contributed by atoms with Gasteiger partial charge in [0.1, 0.15) is 24.4 Å². The first kappa shape index (κ1) is 27.6. The van der Waals surface area contributed by atoms with Gasteiger partial charge >= 0.3 is 0 Å². The Kier molecular flexibility index (Phi) is 8.01. The third-order valence-corrected chi connectivity index (χ3v) is 13.6. The second-order valence-electron chi connectivity index (χ2n) is 10.2. The fourth-order valence-corrected chi connectivity index (χ4v) is 11.0. The largest absolute Gasteiger partial charge is 0.405 e. The van der Waals surface area contributed by atoms with Crippen LogP contribution in [-0.4, -0.2) is 73.5 Å². The van der Waals surface area contributed by atoms with Crippen LogP contribution in [-0.2, 0) is 19.0 Å². The molecule has 1 unspecified atom stereocenters. The molecule has 1 aliphatic rings. The Morgan fingerprint density at radius 3 is 1.86 bits per heavy atom. The molecule has 8 nitrogen and oxygen atoms in total. The maximum Gasteiger partial charge on any atom is 0.261 e. The van der Waals surface area contributed by atoms with Gasteiger partial charge in [-0.1, -0.05) is 87.5 Å². The van der Waals surface area contributed by atoms with Gasteiger partial charge in [-0.3, -0.25) is 0 Å². The standard InChI is InChI=1S/C27H33NO7SSi/c1-27(2,3)37(19-12-6-4-7-13-19,20-14-8-5-9-15-20)34-18-21-23(29)24(30)25(31)26(35-21)36(32,33)22-16-10-11-17-28-22/h4-17,21,23-26,29-31H,18H2,1-3H3/t21-,23-,24+,25-,26?/m1/s1. The van der Waals surface area contributed by atoms with Crippen molar-refractivity contribution in [1.29, 1.82) is 0 Å². The van der Waals surface area contributed by atoms with E-state index in [1.54, 1.807) is 6.07 Å². The minimum atomic E-state index is -4.29. The zero-order chi connectivity index (χ0) is 26.8. The molecular weight excluding hydrogens is 510 g/mol. The van der Waals surface area contributed by atoms with Crippen molar-refractivity contribution in [2.24, 2.45) is 0 Å².